The van der Waals surface area contributed by atoms with E-state index in [0.717, 1.165) is 10.2 Å². The summed E-state index contributed by atoms with van der Waals surface area (Å²) in [5.74, 6) is 1.15. The van der Waals surface area contributed by atoms with Crippen LogP contribution in [-0.4, -0.2) is 16.2 Å². The van der Waals surface area contributed by atoms with Crippen molar-refractivity contribution in [3.05, 3.63) is 34.8 Å². The monoisotopic (exact) mass is 310 g/mol. The Labute approximate surface area is 112 Å². The molecule has 1 aromatic heterocycles. The van der Waals surface area contributed by atoms with Crippen LogP contribution in [0.1, 0.15) is 0 Å². The molecule has 88 valence electrons. The van der Waals surface area contributed by atoms with Crippen molar-refractivity contribution in [1.82, 2.24) is 9.97 Å². The van der Waals surface area contributed by atoms with E-state index in [-0.39, 0.29) is 0 Å². The average molecular weight is 311 g/mol. The number of halogens is 1. The number of nitrogens with two attached hydrogens (primary N) is 1. The van der Waals surface area contributed by atoms with E-state index in [2.05, 4.69) is 31.2 Å². The smallest absolute Gasteiger partial charge is 0.191 e. The van der Waals surface area contributed by atoms with E-state index in [0.29, 0.717) is 16.8 Å². The highest BCUT2D eigenvalue weighted by molar-refractivity contribution is 9.10. The Morgan fingerprint density at radius 2 is 2.12 bits per heavy atom. The Morgan fingerprint density at radius 1 is 1.29 bits per heavy atom. The minimum absolute atomic E-state index is 0.460. The van der Waals surface area contributed by atoms with Crippen molar-refractivity contribution in [3.63, 3.8) is 0 Å². The van der Waals surface area contributed by atoms with Crippen LogP contribution in [0.3, 0.4) is 0 Å². The third kappa shape index (κ3) is 3.34. The van der Waals surface area contributed by atoms with Crippen molar-refractivity contribution >= 4 is 45.0 Å². The normalized spacial score (nSPS) is 10.2. The fraction of sp³-hybridized carbons (Fsp3) is 0.0909. The molecule has 0 amide bonds. The zero-order valence-electron chi connectivity index (χ0n) is 9.14. The molecule has 0 saturated carbocycles. The lowest BCUT2D eigenvalue weighted by molar-refractivity contribution is 0.984. The summed E-state index contributed by atoms with van der Waals surface area (Å²) in [6.45, 7) is 0. The van der Waals surface area contributed by atoms with Crippen molar-refractivity contribution in [2.45, 2.75) is 5.16 Å². The van der Waals surface area contributed by atoms with E-state index in [1.807, 2.05) is 30.5 Å². The van der Waals surface area contributed by atoms with Crippen molar-refractivity contribution in [1.29, 1.82) is 0 Å². The molecule has 4 nitrogen and oxygen atoms in total. The van der Waals surface area contributed by atoms with Crippen LogP contribution in [0.5, 0.6) is 0 Å². The predicted molar refractivity (Wildman–Crippen MR) is 75.7 cm³/mol. The summed E-state index contributed by atoms with van der Waals surface area (Å²) in [4.78, 5) is 8.41. The number of nitrogen functional groups attached to an aromatic ring is 1. The zero-order valence-corrected chi connectivity index (χ0v) is 11.5. The van der Waals surface area contributed by atoms with Crippen molar-refractivity contribution < 1.29 is 0 Å². The molecule has 0 radical (unpaired) electrons. The number of aromatic nitrogens is 2. The quantitative estimate of drug-likeness (QED) is 0.673. The molecule has 0 unspecified atom stereocenters. The molecule has 0 spiro atoms. The van der Waals surface area contributed by atoms with Crippen molar-refractivity contribution in [2.75, 3.05) is 17.3 Å². The van der Waals surface area contributed by atoms with Gasteiger partial charge in [0.15, 0.2) is 5.16 Å². The SMILES string of the molecule is CSc1nc(N)cc(Nc2cccc(Br)c2)n1. The van der Waals surface area contributed by atoms with Gasteiger partial charge in [0, 0.05) is 16.2 Å². The molecule has 2 rings (SSSR count). The average Bonchev–Trinajstić information content (AvgIpc) is 2.28. The van der Waals surface area contributed by atoms with Gasteiger partial charge in [-0.15, -0.1) is 0 Å². The minimum atomic E-state index is 0.460. The molecule has 0 aliphatic heterocycles. The lowest BCUT2D eigenvalue weighted by Gasteiger charge is -2.07. The predicted octanol–water partition coefficient (Wildman–Crippen LogP) is 3.29. The lowest BCUT2D eigenvalue weighted by atomic mass is 10.3. The van der Waals surface area contributed by atoms with E-state index in [1.54, 1.807) is 6.07 Å². The summed E-state index contributed by atoms with van der Waals surface area (Å²) in [5.41, 5.74) is 6.65. The zero-order chi connectivity index (χ0) is 12.3. The summed E-state index contributed by atoms with van der Waals surface area (Å²) < 4.78 is 1.01. The Hall–Kier alpha value is -1.27. The van der Waals surface area contributed by atoms with Gasteiger partial charge in [-0.05, 0) is 24.5 Å². The molecule has 6 heteroatoms. The largest absolute Gasteiger partial charge is 0.383 e. The second-order valence-electron chi connectivity index (χ2n) is 3.30. The fourth-order valence-electron chi connectivity index (χ4n) is 1.31. The van der Waals surface area contributed by atoms with Gasteiger partial charge in [0.05, 0.1) is 0 Å². The Balaban J connectivity index is 2.26. The molecule has 1 aromatic carbocycles. The molecule has 17 heavy (non-hydrogen) atoms. The summed E-state index contributed by atoms with van der Waals surface area (Å²) in [6, 6.07) is 9.55. The van der Waals surface area contributed by atoms with E-state index in [4.69, 9.17) is 5.73 Å². The molecular formula is C11H11BrN4S. The van der Waals surface area contributed by atoms with E-state index in [9.17, 15) is 0 Å². The van der Waals surface area contributed by atoms with Crippen LogP contribution in [0.15, 0.2) is 40.0 Å². The highest BCUT2D eigenvalue weighted by atomic mass is 79.9. The number of nitrogens with zero attached hydrogens (tertiary/aromatic N) is 2. The molecule has 0 fully saturated rings. The third-order valence-corrected chi connectivity index (χ3v) is 3.05. The Morgan fingerprint density at radius 3 is 2.82 bits per heavy atom. The van der Waals surface area contributed by atoms with Gasteiger partial charge >= 0.3 is 0 Å². The van der Waals surface area contributed by atoms with Crippen LogP contribution in [-0.2, 0) is 0 Å². The molecule has 2 aromatic rings. The first-order chi connectivity index (χ1) is 8.17. The molecule has 0 aliphatic rings. The van der Waals surface area contributed by atoms with Crippen LogP contribution in [0.25, 0.3) is 0 Å². The van der Waals surface area contributed by atoms with Crippen LogP contribution in [0.4, 0.5) is 17.3 Å². The number of thioether (sulfide) groups is 1. The second kappa shape index (κ2) is 5.37. The first kappa shape index (κ1) is 12.2. The van der Waals surface area contributed by atoms with E-state index >= 15 is 0 Å². The Kier molecular flexibility index (Phi) is 3.86. The maximum absolute atomic E-state index is 5.70. The van der Waals surface area contributed by atoms with E-state index in [1.165, 1.54) is 11.8 Å². The number of rotatable bonds is 3. The van der Waals surface area contributed by atoms with Gasteiger partial charge < -0.3 is 11.1 Å². The number of nitrogens with one attached hydrogen (secondary N) is 1. The second-order valence-corrected chi connectivity index (χ2v) is 4.99. The van der Waals surface area contributed by atoms with Gasteiger partial charge in [-0.3, -0.25) is 0 Å². The molecular weight excluding hydrogens is 300 g/mol. The minimum Gasteiger partial charge on any atom is -0.383 e. The fourth-order valence-corrected chi connectivity index (χ4v) is 2.10. The third-order valence-electron chi connectivity index (χ3n) is 2.01. The van der Waals surface area contributed by atoms with E-state index < -0.39 is 0 Å². The van der Waals surface area contributed by atoms with Crippen LogP contribution in [0, 0.1) is 0 Å². The van der Waals surface area contributed by atoms with Gasteiger partial charge in [-0.1, -0.05) is 33.8 Å². The van der Waals surface area contributed by atoms with Crippen LogP contribution < -0.4 is 11.1 Å². The molecule has 0 aliphatic carbocycles. The van der Waals surface area contributed by atoms with Gasteiger partial charge in [0.25, 0.3) is 0 Å². The molecule has 0 bridgehead atoms. The van der Waals surface area contributed by atoms with Gasteiger partial charge in [0.2, 0.25) is 0 Å². The summed E-state index contributed by atoms with van der Waals surface area (Å²) in [6.07, 6.45) is 1.91. The standard InChI is InChI=1S/C11H11BrN4S/c1-17-11-15-9(13)6-10(16-11)14-8-4-2-3-7(12)5-8/h2-6H,1H3,(H3,13,14,15,16). The highest BCUT2D eigenvalue weighted by Crippen LogP contribution is 2.21. The number of anilines is 3. The van der Waals surface area contributed by atoms with Gasteiger partial charge in [0.1, 0.15) is 11.6 Å². The molecule has 0 atom stereocenters. The number of benzene rings is 1. The van der Waals surface area contributed by atoms with Crippen LogP contribution >= 0.6 is 27.7 Å². The molecule has 1 heterocycles. The molecule has 0 saturated heterocycles. The Bertz CT molecular complexity index is 533. The summed E-state index contributed by atoms with van der Waals surface area (Å²) >= 11 is 4.88. The van der Waals surface area contributed by atoms with Crippen molar-refractivity contribution in [3.8, 4) is 0 Å². The van der Waals surface area contributed by atoms with Crippen molar-refractivity contribution in [2.24, 2.45) is 0 Å². The highest BCUT2D eigenvalue weighted by Gasteiger charge is 2.02. The van der Waals surface area contributed by atoms with Crippen LogP contribution in [0.2, 0.25) is 0 Å². The maximum atomic E-state index is 5.70. The summed E-state index contributed by atoms with van der Waals surface area (Å²) in [7, 11) is 0. The van der Waals surface area contributed by atoms with Gasteiger partial charge in [-0.25, -0.2) is 9.97 Å². The first-order valence-corrected chi connectivity index (χ1v) is 6.90. The topological polar surface area (TPSA) is 63.8 Å². The lowest BCUT2D eigenvalue weighted by Crippen LogP contribution is -1.99. The van der Waals surface area contributed by atoms with Gasteiger partial charge in [-0.2, -0.15) is 0 Å². The summed E-state index contributed by atoms with van der Waals surface area (Å²) in [5, 5.41) is 3.84. The number of hydrogen-bond donors (Lipinski definition) is 2. The maximum Gasteiger partial charge on any atom is 0.191 e. The number of hydrogen-bond acceptors (Lipinski definition) is 5. The molecule has 3 N–H and O–H groups in total. The first-order valence-electron chi connectivity index (χ1n) is 4.88.